The molecular weight excluding hydrogens is 314 g/mol. The van der Waals surface area contributed by atoms with Crippen molar-refractivity contribution < 1.29 is 14.3 Å². The van der Waals surface area contributed by atoms with Crippen molar-refractivity contribution in [1.29, 1.82) is 0 Å². The fourth-order valence-electron chi connectivity index (χ4n) is 2.05. The number of allylic oxidation sites excluding steroid dienone is 1. The topological polar surface area (TPSA) is 69.4 Å². The lowest BCUT2D eigenvalue weighted by Crippen LogP contribution is -2.11. The summed E-state index contributed by atoms with van der Waals surface area (Å²) < 4.78 is 5.18. The third-order valence-electron chi connectivity index (χ3n) is 3.23. The largest absolute Gasteiger partial charge is 0.458 e. The summed E-state index contributed by atoms with van der Waals surface area (Å²) in [5.41, 5.74) is 7.78. The van der Waals surface area contributed by atoms with E-state index < -0.39 is 11.9 Å². The quantitative estimate of drug-likeness (QED) is 0.673. The van der Waals surface area contributed by atoms with Crippen LogP contribution in [0.4, 0.5) is 0 Å². The predicted octanol–water partition coefficient (Wildman–Crippen LogP) is 3.59. The monoisotopic (exact) mass is 329 g/mol. The second-order valence-electron chi connectivity index (χ2n) is 4.98. The number of rotatable bonds is 5. The first kappa shape index (κ1) is 16.8. The Bertz CT molecular complexity index is 768. The first-order valence-electron chi connectivity index (χ1n) is 6.96. The van der Waals surface area contributed by atoms with E-state index >= 15 is 0 Å². The molecule has 4 nitrogen and oxygen atoms in total. The van der Waals surface area contributed by atoms with Crippen LogP contribution in [0.5, 0.6) is 0 Å². The molecule has 0 aliphatic carbocycles. The minimum Gasteiger partial charge on any atom is -0.458 e. The molecule has 0 unspecified atom stereocenters. The maximum atomic E-state index is 11.9. The summed E-state index contributed by atoms with van der Waals surface area (Å²) in [7, 11) is 0. The summed E-state index contributed by atoms with van der Waals surface area (Å²) in [6, 6.07) is 13.9. The second kappa shape index (κ2) is 7.61. The van der Waals surface area contributed by atoms with Crippen LogP contribution in [0.15, 0.2) is 54.6 Å². The van der Waals surface area contributed by atoms with Crippen LogP contribution in [0.3, 0.4) is 0 Å². The number of halogens is 1. The molecule has 2 N–H and O–H groups in total. The van der Waals surface area contributed by atoms with Crippen molar-refractivity contribution in [2.45, 2.75) is 13.5 Å². The van der Waals surface area contributed by atoms with Gasteiger partial charge in [0, 0.05) is 16.7 Å². The fraction of sp³-hybridized carbons (Fsp3) is 0.111. The van der Waals surface area contributed by atoms with Crippen LogP contribution >= 0.6 is 11.6 Å². The van der Waals surface area contributed by atoms with E-state index in [-0.39, 0.29) is 6.61 Å². The smallest absolute Gasteiger partial charge is 0.331 e. The van der Waals surface area contributed by atoms with E-state index in [9.17, 15) is 9.59 Å². The number of esters is 1. The van der Waals surface area contributed by atoms with Gasteiger partial charge < -0.3 is 10.5 Å². The number of primary amides is 1. The number of hydrogen-bond acceptors (Lipinski definition) is 3. The first-order chi connectivity index (χ1) is 11.0. The second-order valence-corrected chi connectivity index (χ2v) is 5.39. The molecule has 0 spiro atoms. The molecule has 0 aliphatic rings. The molecule has 0 aliphatic heterocycles. The highest BCUT2D eigenvalue weighted by atomic mass is 35.5. The third kappa shape index (κ3) is 4.69. The van der Waals surface area contributed by atoms with E-state index in [1.807, 2.05) is 18.2 Å². The van der Waals surface area contributed by atoms with Gasteiger partial charge in [-0.3, -0.25) is 4.79 Å². The SMILES string of the molecule is C/C(=C/C(=O)OCc1cccc(C(N)=O)c1)c1ccccc1Cl. The maximum absolute atomic E-state index is 11.9. The van der Waals surface area contributed by atoms with Gasteiger partial charge in [0.25, 0.3) is 0 Å². The van der Waals surface area contributed by atoms with Gasteiger partial charge in [-0.15, -0.1) is 0 Å². The van der Waals surface area contributed by atoms with Gasteiger partial charge in [-0.25, -0.2) is 4.79 Å². The lowest BCUT2D eigenvalue weighted by atomic mass is 10.1. The van der Waals surface area contributed by atoms with Crippen molar-refractivity contribution in [3.63, 3.8) is 0 Å². The molecule has 0 atom stereocenters. The van der Waals surface area contributed by atoms with Crippen LogP contribution in [0, 0.1) is 0 Å². The van der Waals surface area contributed by atoms with E-state index in [4.69, 9.17) is 22.1 Å². The van der Waals surface area contributed by atoms with Crippen LogP contribution in [-0.4, -0.2) is 11.9 Å². The number of hydrogen-bond donors (Lipinski definition) is 1. The van der Waals surface area contributed by atoms with Gasteiger partial charge in [0.2, 0.25) is 5.91 Å². The molecular formula is C18H16ClNO3. The molecule has 0 saturated heterocycles. The van der Waals surface area contributed by atoms with Crippen molar-refractivity contribution in [1.82, 2.24) is 0 Å². The van der Waals surface area contributed by atoms with E-state index in [0.29, 0.717) is 21.7 Å². The zero-order valence-electron chi connectivity index (χ0n) is 12.6. The average molecular weight is 330 g/mol. The Morgan fingerprint density at radius 3 is 2.61 bits per heavy atom. The Labute approximate surface area is 139 Å². The van der Waals surface area contributed by atoms with E-state index in [1.54, 1.807) is 37.3 Å². The Hall–Kier alpha value is -2.59. The normalized spacial score (nSPS) is 11.1. The predicted molar refractivity (Wildman–Crippen MR) is 89.9 cm³/mol. The van der Waals surface area contributed by atoms with Crippen LogP contribution in [0.25, 0.3) is 5.57 Å². The Morgan fingerprint density at radius 1 is 1.17 bits per heavy atom. The number of benzene rings is 2. The van der Waals surface area contributed by atoms with Crippen molar-refractivity contribution >= 4 is 29.1 Å². The van der Waals surface area contributed by atoms with E-state index in [2.05, 4.69) is 0 Å². The van der Waals surface area contributed by atoms with Crippen molar-refractivity contribution in [2.75, 3.05) is 0 Å². The molecule has 0 aromatic heterocycles. The summed E-state index contributed by atoms with van der Waals surface area (Å²) in [6.45, 7) is 1.85. The van der Waals surface area contributed by atoms with Crippen LogP contribution < -0.4 is 5.73 Å². The molecule has 2 aromatic rings. The van der Waals surface area contributed by atoms with Gasteiger partial charge in [-0.1, -0.05) is 41.9 Å². The number of nitrogens with two attached hydrogens (primary N) is 1. The minimum absolute atomic E-state index is 0.0618. The molecule has 0 fully saturated rings. The third-order valence-corrected chi connectivity index (χ3v) is 3.56. The van der Waals surface area contributed by atoms with Crippen LogP contribution in [0.2, 0.25) is 5.02 Å². The maximum Gasteiger partial charge on any atom is 0.331 e. The Balaban J connectivity index is 2.03. The van der Waals surface area contributed by atoms with E-state index in [0.717, 1.165) is 5.56 Å². The summed E-state index contributed by atoms with van der Waals surface area (Å²) >= 11 is 6.09. The Morgan fingerprint density at radius 2 is 1.91 bits per heavy atom. The van der Waals surface area contributed by atoms with Gasteiger partial charge in [-0.05, 0) is 41.8 Å². The fourth-order valence-corrected chi connectivity index (χ4v) is 2.33. The summed E-state index contributed by atoms with van der Waals surface area (Å²) in [5.74, 6) is -1.00. The van der Waals surface area contributed by atoms with Crippen molar-refractivity contribution in [3.8, 4) is 0 Å². The lowest BCUT2D eigenvalue weighted by molar-refractivity contribution is -0.138. The standard InChI is InChI=1S/C18H16ClNO3/c1-12(15-7-2-3-8-16(15)19)9-17(21)23-11-13-5-4-6-14(10-13)18(20)22/h2-10H,11H2,1H3,(H2,20,22)/b12-9-. The first-order valence-corrected chi connectivity index (χ1v) is 7.34. The van der Waals surface area contributed by atoms with Gasteiger partial charge in [0.15, 0.2) is 0 Å². The molecule has 1 amide bonds. The highest BCUT2D eigenvalue weighted by molar-refractivity contribution is 6.32. The molecule has 2 aromatic carbocycles. The zero-order valence-corrected chi connectivity index (χ0v) is 13.3. The van der Waals surface area contributed by atoms with Gasteiger partial charge in [0.05, 0.1) is 0 Å². The summed E-state index contributed by atoms with van der Waals surface area (Å²) in [6.07, 6.45) is 1.39. The van der Waals surface area contributed by atoms with Gasteiger partial charge in [-0.2, -0.15) is 0 Å². The van der Waals surface area contributed by atoms with Gasteiger partial charge in [0.1, 0.15) is 6.61 Å². The molecule has 23 heavy (non-hydrogen) atoms. The lowest BCUT2D eigenvalue weighted by Gasteiger charge is -2.06. The highest BCUT2D eigenvalue weighted by Crippen LogP contribution is 2.23. The van der Waals surface area contributed by atoms with Crippen LogP contribution in [0.1, 0.15) is 28.4 Å². The van der Waals surface area contributed by atoms with Crippen molar-refractivity contribution in [2.24, 2.45) is 5.73 Å². The van der Waals surface area contributed by atoms with Gasteiger partial charge >= 0.3 is 5.97 Å². The number of carbonyl (C=O) groups excluding carboxylic acids is 2. The molecule has 0 heterocycles. The zero-order chi connectivity index (χ0) is 16.8. The Kier molecular flexibility index (Phi) is 5.55. The molecule has 5 heteroatoms. The number of carbonyl (C=O) groups is 2. The molecule has 118 valence electrons. The molecule has 0 saturated carbocycles. The number of amides is 1. The van der Waals surface area contributed by atoms with E-state index in [1.165, 1.54) is 6.08 Å². The average Bonchev–Trinajstić information content (AvgIpc) is 2.53. The summed E-state index contributed by atoms with van der Waals surface area (Å²) in [5, 5.41) is 0.572. The summed E-state index contributed by atoms with van der Waals surface area (Å²) in [4.78, 5) is 23.0. The highest BCUT2D eigenvalue weighted by Gasteiger charge is 2.06. The molecule has 0 bridgehead atoms. The molecule has 0 radical (unpaired) electrons. The number of ether oxygens (including phenoxy) is 1. The minimum atomic E-state index is -0.521. The van der Waals surface area contributed by atoms with Crippen LogP contribution in [-0.2, 0) is 16.1 Å². The van der Waals surface area contributed by atoms with Crippen molar-refractivity contribution in [3.05, 3.63) is 76.3 Å². The molecule has 2 rings (SSSR count).